The van der Waals surface area contributed by atoms with Crippen molar-refractivity contribution in [2.24, 2.45) is 5.41 Å². The maximum atomic E-state index is 13.5. The summed E-state index contributed by atoms with van der Waals surface area (Å²) >= 11 is 6.05. The Morgan fingerprint density at radius 2 is 2.00 bits per heavy atom. The number of rotatable bonds is 8. The molecular weight excluding hydrogens is 265 g/mol. The van der Waals surface area contributed by atoms with Gasteiger partial charge in [-0.25, -0.2) is 4.39 Å². The topological polar surface area (TPSA) is 21.3 Å². The molecule has 0 aliphatic carbocycles. The molecule has 108 valence electrons. The van der Waals surface area contributed by atoms with Gasteiger partial charge in [-0.15, -0.1) is 11.6 Å². The molecule has 0 unspecified atom stereocenters. The van der Waals surface area contributed by atoms with E-state index >= 15 is 0 Å². The summed E-state index contributed by atoms with van der Waals surface area (Å²) in [5.41, 5.74) is 1.04. The zero-order valence-corrected chi connectivity index (χ0v) is 12.7. The van der Waals surface area contributed by atoms with E-state index in [2.05, 4.69) is 19.2 Å². The molecule has 0 atom stereocenters. The van der Waals surface area contributed by atoms with E-state index in [4.69, 9.17) is 16.3 Å². The summed E-state index contributed by atoms with van der Waals surface area (Å²) in [4.78, 5) is 0. The molecule has 0 heterocycles. The molecule has 1 aromatic rings. The van der Waals surface area contributed by atoms with Crippen LogP contribution in [0.1, 0.15) is 32.3 Å². The molecule has 1 N–H and O–H groups in total. The van der Waals surface area contributed by atoms with Gasteiger partial charge in [0.15, 0.2) is 11.6 Å². The molecule has 0 amide bonds. The Kier molecular flexibility index (Phi) is 6.59. The second-order valence-corrected chi connectivity index (χ2v) is 5.18. The highest BCUT2D eigenvalue weighted by atomic mass is 35.5. The smallest absolute Gasteiger partial charge is 0.165 e. The molecular formula is C15H23ClFNO. The van der Waals surface area contributed by atoms with E-state index in [9.17, 15) is 4.39 Å². The van der Waals surface area contributed by atoms with Crippen LogP contribution in [-0.2, 0) is 6.54 Å². The Hall–Kier alpha value is -0.800. The lowest BCUT2D eigenvalue weighted by Crippen LogP contribution is -2.34. The third kappa shape index (κ3) is 4.36. The van der Waals surface area contributed by atoms with Crippen molar-refractivity contribution < 1.29 is 9.13 Å². The van der Waals surface area contributed by atoms with Crippen LogP contribution in [0.4, 0.5) is 4.39 Å². The molecule has 0 saturated carbocycles. The fourth-order valence-electron chi connectivity index (χ4n) is 2.03. The summed E-state index contributed by atoms with van der Waals surface area (Å²) in [7, 11) is 1.47. The van der Waals surface area contributed by atoms with Gasteiger partial charge in [0.25, 0.3) is 0 Å². The fraction of sp³-hybridized carbons (Fsp3) is 0.600. The van der Waals surface area contributed by atoms with E-state index in [-0.39, 0.29) is 17.0 Å². The summed E-state index contributed by atoms with van der Waals surface area (Å²) in [6.45, 7) is 5.79. The van der Waals surface area contributed by atoms with Gasteiger partial charge in [-0.3, -0.25) is 0 Å². The van der Waals surface area contributed by atoms with E-state index in [0.29, 0.717) is 12.4 Å². The summed E-state index contributed by atoms with van der Waals surface area (Å²) in [6.07, 6.45) is 2.08. The van der Waals surface area contributed by atoms with Gasteiger partial charge in [0.05, 0.1) is 7.11 Å². The van der Waals surface area contributed by atoms with Crippen LogP contribution in [0.25, 0.3) is 0 Å². The van der Waals surface area contributed by atoms with E-state index in [1.807, 2.05) is 6.07 Å². The van der Waals surface area contributed by atoms with Crippen LogP contribution >= 0.6 is 11.6 Å². The first kappa shape index (κ1) is 16.3. The molecule has 0 bridgehead atoms. The highest BCUT2D eigenvalue weighted by molar-refractivity contribution is 6.18. The zero-order chi connectivity index (χ0) is 14.3. The standard InChI is InChI=1S/C15H23ClFNO/c1-4-15(5-2,10-16)11-18-9-12-6-7-14(19-3)13(17)8-12/h6-8,18H,4-5,9-11H2,1-3H3. The van der Waals surface area contributed by atoms with Gasteiger partial charge in [0, 0.05) is 19.0 Å². The molecule has 0 aromatic heterocycles. The number of hydrogen-bond acceptors (Lipinski definition) is 2. The molecule has 2 nitrogen and oxygen atoms in total. The number of hydrogen-bond donors (Lipinski definition) is 1. The highest BCUT2D eigenvalue weighted by Gasteiger charge is 2.24. The van der Waals surface area contributed by atoms with Crippen molar-refractivity contribution in [3.8, 4) is 5.75 Å². The SMILES string of the molecule is CCC(CC)(CCl)CNCc1ccc(OC)c(F)c1. The Morgan fingerprint density at radius 1 is 1.32 bits per heavy atom. The quantitative estimate of drug-likeness (QED) is 0.731. The number of halogens is 2. The summed E-state index contributed by atoms with van der Waals surface area (Å²) in [5.74, 6) is 0.599. The first-order chi connectivity index (χ1) is 9.10. The van der Waals surface area contributed by atoms with Crippen LogP contribution in [0.2, 0.25) is 0 Å². The van der Waals surface area contributed by atoms with Crippen molar-refractivity contribution in [2.75, 3.05) is 19.5 Å². The van der Waals surface area contributed by atoms with E-state index < -0.39 is 0 Å². The zero-order valence-electron chi connectivity index (χ0n) is 11.9. The van der Waals surface area contributed by atoms with Crippen LogP contribution in [0.15, 0.2) is 18.2 Å². The highest BCUT2D eigenvalue weighted by Crippen LogP contribution is 2.27. The largest absolute Gasteiger partial charge is 0.494 e. The molecule has 4 heteroatoms. The molecule has 0 aliphatic rings. The monoisotopic (exact) mass is 287 g/mol. The van der Waals surface area contributed by atoms with Gasteiger partial charge >= 0.3 is 0 Å². The predicted octanol–water partition coefficient (Wildman–Crippen LogP) is 3.97. The van der Waals surface area contributed by atoms with Crippen molar-refractivity contribution in [1.29, 1.82) is 0 Å². The maximum Gasteiger partial charge on any atom is 0.165 e. The lowest BCUT2D eigenvalue weighted by molar-refractivity contribution is 0.286. The molecule has 0 spiro atoms. The minimum absolute atomic E-state index is 0.132. The summed E-state index contributed by atoms with van der Waals surface area (Å²) in [5, 5.41) is 3.37. The molecule has 19 heavy (non-hydrogen) atoms. The number of benzene rings is 1. The number of alkyl halides is 1. The minimum atomic E-state index is -0.323. The van der Waals surface area contributed by atoms with Gasteiger partial charge < -0.3 is 10.1 Å². The van der Waals surface area contributed by atoms with Crippen molar-refractivity contribution in [1.82, 2.24) is 5.32 Å². The van der Waals surface area contributed by atoms with Crippen molar-refractivity contribution >= 4 is 11.6 Å². The maximum absolute atomic E-state index is 13.5. The van der Waals surface area contributed by atoms with Gasteiger partial charge in [-0.05, 0) is 36.0 Å². The van der Waals surface area contributed by atoms with E-state index in [1.54, 1.807) is 6.07 Å². The Morgan fingerprint density at radius 3 is 2.47 bits per heavy atom. The number of nitrogens with one attached hydrogen (secondary N) is 1. The Balaban J connectivity index is 2.55. The van der Waals surface area contributed by atoms with E-state index in [0.717, 1.165) is 24.9 Å². The van der Waals surface area contributed by atoms with Crippen LogP contribution < -0.4 is 10.1 Å². The fourth-order valence-corrected chi connectivity index (χ4v) is 2.50. The minimum Gasteiger partial charge on any atom is -0.494 e. The average molecular weight is 288 g/mol. The van der Waals surface area contributed by atoms with Crippen molar-refractivity contribution in [2.45, 2.75) is 33.2 Å². The first-order valence-corrected chi connectivity index (χ1v) is 7.23. The number of ether oxygens (including phenoxy) is 1. The lowest BCUT2D eigenvalue weighted by Gasteiger charge is -2.29. The third-order valence-electron chi connectivity index (χ3n) is 3.83. The third-order valence-corrected chi connectivity index (χ3v) is 4.40. The van der Waals surface area contributed by atoms with Gasteiger partial charge in [-0.1, -0.05) is 19.9 Å². The predicted molar refractivity (Wildman–Crippen MR) is 78.4 cm³/mol. The van der Waals surface area contributed by atoms with Crippen molar-refractivity contribution in [3.63, 3.8) is 0 Å². The summed E-state index contributed by atoms with van der Waals surface area (Å²) < 4.78 is 18.4. The van der Waals surface area contributed by atoms with Crippen LogP contribution in [0.5, 0.6) is 5.75 Å². The Labute approximate surface area is 120 Å². The second-order valence-electron chi connectivity index (χ2n) is 4.91. The lowest BCUT2D eigenvalue weighted by atomic mass is 9.84. The molecule has 0 saturated heterocycles. The Bertz CT molecular complexity index is 385. The summed E-state index contributed by atoms with van der Waals surface area (Å²) in [6, 6.07) is 5.03. The first-order valence-electron chi connectivity index (χ1n) is 6.70. The van der Waals surface area contributed by atoms with Crippen LogP contribution in [0.3, 0.4) is 0 Å². The molecule has 0 aliphatic heterocycles. The average Bonchev–Trinajstić information content (AvgIpc) is 2.44. The van der Waals surface area contributed by atoms with E-state index in [1.165, 1.54) is 13.2 Å². The van der Waals surface area contributed by atoms with Gasteiger partial charge in [0.1, 0.15) is 0 Å². The van der Waals surface area contributed by atoms with Gasteiger partial charge in [0.2, 0.25) is 0 Å². The molecule has 0 fully saturated rings. The van der Waals surface area contributed by atoms with Crippen LogP contribution in [0, 0.1) is 11.2 Å². The number of methoxy groups -OCH3 is 1. The second kappa shape index (κ2) is 7.71. The normalized spacial score (nSPS) is 11.6. The molecule has 1 rings (SSSR count). The van der Waals surface area contributed by atoms with Crippen molar-refractivity contribution in [3.05, 3.63) is 29.6 Å². The van der Waals surface area contributed by atoms with Crippen LogP contribution in [-0.4, -0.2) is 19.5 Å². The van der Waals surface area contributed by atoms with Gasteiger partial charge in [-0.2, -0.15) is 0 Å². The molecule has 1 aromatic carbocycles. The molecule has 0 radical (unpaired) electrons.